The van der Waals surface area contributed by atoms with E-state index in [2.05, 4.69) is 59.3 Å². The highest BCUT2D eigenvalue weighted by Gasteiger charge is 2.41. The lowest BCUT2D eigenvalue weighted by Crippen LogP contribution is -2.41. The minimum atomic E-state index is 0.134. The molecule has 0 amide bonds. The Hall–Kier alpha value is -0.450. The summed E-state index contributed by atoms with van der Waals surface area (Å²) in [5.41, 5.74) is 1.34. The van der Waals surface area contributed by atoms with Gasteiger partial charge >= 0.3 is 0 Å². The van der Waals surface area contributed by atoms with Crippen LogP contribution < -0.4 is 5.32 Å². The molecule has 21 heavy (non-hydrogen) atoms. The van der Waals surface area contributed by atoms with Gasteiger partial charge < -0.3 is 10.1 Å². The summed E-state index contributed by atoms with van der Waals surface area (Å²) in [5.74, 6) is 1.13. The Morgan fingerprint density at radius 3 is 2.38 bits per heavy atom. The van der Waals surface area contributed by atoms with Gasteiger partial charge in [0.15, 0.2) is 0 Å². The molecular weight excluding hydrogens is 280 g/mol. The zero-order valence-corrected chi connectivity index (χ0v) is 15.3. The molecule has 0 aliphatic carbocycles. The molecule has 2 heterocycles. The fourth-order valence-electron chi connectivity index (χ4n) is 3.36. The Labute approximate surface area is 133 Å². The molecule has 0 saturated carbocycles. The highest BCUT2D eigenvalue weighted by Crippen LogP contribution is 2.36. The third kappa shape index (κ3) is 3.66. The van der Waals surface area contributed by atoms with Gasteiger partial charge in [0.05, 0.1) is 22.9 Å². The molecule has 1 aromatic rings. The van der Waals surface area contributed by atoms with Gasteiger partial charge in [-0.15, -0.1) is 11.3 Å². The molecule has 0 bridgehead atoms. The average molecular weight is 311 g/mol. The van der Waals surface area contributed by atoms with Crippen LogP contribution in [0, 0.1) is 11.8 Å². The first-order valence-electron chi connectivity index (χ1n) is 8.01. The first-order chi connectivity index (χ1) is 9.74. The predicted molar refractivity (Wildman–Crippen MR) is 90.0 cm³/mol. The van der Waals surface area contributed by atoms with Crippen LogP contribution in [-0.2, 0) is 16.6 Å². The Morgan fingerprint density at radius 2 is 1.95 bits per heavy atom. The van der Waals surface area contributed by atoms with Crippen molar-refractivity contribution in [3.63, 3.8) is 0 Å². The summed E-state index contributed by atoms with van der Waals surface area (Å²) in [6.07, 6.45) is 1.66. The SMILES string of the molecule is CNC(Cc1nc(C(C)(C)C)cs1)C1C(C)OC(C)C1C. The molecule has 1 N–H and O–H groups in total. The minimum Gasteiger partial charge on any atom is -0.375 e. The number of nitrogens with zero attached hydrogens (tertiary/aromatic N) is 1. The maximum atomic E-state index is 6.01. The van der Waals surface area contributed by atoms with Gasteiger partial charge in [-0.2, -0.15) is 0 Å². The quantitative estimate of drug-likeness (QED) is 0.922. The van der Waals surface area contributed by atoms with Crippen LogP contribution in [0.2, 0.25) is 0 Å². The molecule has 3 nitrogen and oxygen atoms in total. The fraction of sp³-hybridized carbons (Fsp3) is 0.824. The average Bonchev–Trinajstić information content (AvgIpc) is 2.94. The third-order valence-corrected chi connectivity index (χ3v) is 5.74. The summed E-state index contributed by atoms with van der Waals surface area (Å²) in [4.78, 5) is 4.85. The Bertz CT molecular complexity index is 466. The summed E-state index contributed by atoms with van der Waals surface area (Å²) in [6, 6.07) is 0.430. The van der Waals surface area contributed by atoms with Gasteiger partial charge in [0.2, 0.25) is 0 Å². The molecule has 5 atom stereocenters. The van der Waals surface area contributed by atoms with Gasteiger partial charge in [0.25, 0.3) is 0 Å². The highest BCUT2D eigenvalue weighted by molar-refractivity contribution is 7.09. The lowest BCUT2D eigenvalue weighted by Gasteiger charge is -2.28. The van der Waals surface area contributed by atoms with Crippen molar-refractivity contribution in [1.29, 1.82) is 0 Å². The summed E-state index contributed by atoms with van der Waals surface area (Å²) >= 11 is 1.79. The molecule has 1 fully saturated rings. The second-order valence-electron chi connectivity index (χ2n) is 7.46. The lowest BCUT2D eigenvalue weighted by molar-refractivity contribution is 0.0479. The molecule has 0 aromatic carbocycles. The molecule has 1 aliphatic rings. The summed E-state index contributed by atoms with van der Waals surface area (Å²) < 4.78 is 6.01. The van der Waals surface area contributed by atoms with E-state index >= 15 is 0 Å². The Morgan fingerprint density at radius 1 is 1.29 bits per heavy atom. The van der Waals surface area contributed by atoms with Crippen LogP contribution in [0.4, 0.5) is 0 Å². The van der Waals surface area contributed by atoms with E-state index in [1.807, 2.05) is 0 Å². The van der Waals surface area contributed by atoms with Crippen molar-refractivity contribution in [2.45, 2.75) is 71.6 Å². The fourth-order valence-corrected chi connectivity index (χ4v) is 4.44. The number of likely N-dealkylation sites (N-methyl/N-ethyl adjacent to an activating group) is 1. The smallest absolute Gasteiger partial charge is 0.0944 e. The lowest BCUT2D eigenvalue weighted by atomic mass is 9.82. The highest BCUT2D eigenvalue weighted by atomic mass is 32.1. The molecular formula is C17H30N2OS. The molecule has 2 rings (SSSR count). The maximum absolute atomic E-state index is 6.01. The van der Waals surface area contributed by atoms with E-state index in [1.54, 1.807) is 11.3 Å². The van der Waals surface area contributed by atoms with Crippen LogP contribution in [0.5, 0.6) is 0 Å². The van der Waals surface area contributed by atoms with Gasteiger partial charge in [0.1, 0.15) is 0 Å². The second-order valence-corrected chi connectivity index (χ2v) is 8.40. The number of ether oxygens (including phenoxy) is 1. The molecule has 5 unspecified atom stereocenters. The standard InChI is InChI=1S/C17H30N2OS/c1-10-11(2)20-12(3)16(10)13(18-7)8-15-19-14(9-21-15)17(4,5)6/h9-13,16,18H,8H2,1-7H3. The molecule has 1 aromatic heterocycles. The summed E-state index contributed by atoms with van der Waals surface area (Å²) in [5, 5.41) is 6.95. The van der Waals surface area contributed by atoms with E-state index in [0.717, 1.165) is 6.42 Å². The van der Waals surface area contributed by atoms with Crippen LogP contribution in [0.25, 0.3) is 0 Å². The Kier molecular flexibility index (Phi) is 5.11. The zero-order chi connectivity index (χ0) is 15.8. The Balaban J connectivity index is 2.11. The molecule has 120 valence electrons. The number of nitrogens with one attached hydrogen (secondary N) is 1. The predicted octanol–water partition coefficient (Wildman–Crippen LogP) is 3.63. The van der Waals surface area contributed by atoms with Crippen molar-refractivity contribution in [1.82, 2.24) is 10.3 Å². The van der Waals surface area contributed by atoms with Crippen LogP contribution >= 0.6 is 11.3 Å². The molecule has 0 radical (unpaired) electrons. The number of aromatic nitrogens is 1. The van der Waals surface area contributed by atoms with Crippen molar-refractivity contribution in [2.24, 2.45) is 11.8 Å². The number of hydrogen-bond donors (Lipinski definition) is 1. The van der Waals surface area contributed by atoms with Crippen molar-refractivity contribution in [2.75, 3.05) is 7.05 Å². The third-order valence-electron chi connectivity index (χ3n) is 4.87. The summed E-state index contributed by atoms with van der Waals surface area (Å²) in [7, 11) is 2.06. The van der Waals surface area contributed by atoms with E-state index in [1.165, 1.54) is 10.7 Å². The van der Waals surface area contributed by atoms with E-state index in [0.29, 0.717) is 30.1 Å². The van der Waals surface area contributed by atoms with Gasteiger partial charge in [-0.1, -0.05) is 27.7 Å². The zero-order valence-electron chi connectivity index (χ0n) is 14.4. The largest absolute Gasteiger partial charge is 0.375 e. The monoisotopic (exact) mass is 310 g/mol. The van der Waals surface area contributed by atoms with Crippen LogP contribution in [-0.4, -0.2) is 30.3 Å². The van der Waals surface area contributed by atoms with Crippen LogP contribution in [0.3, 0.4) is 0 Å². The van der Waals surface area contributed by atoms with E-state index < -0.39 is 0 Å². The van der Waals surface area contributed by atoms with Crippen LogP contribution in [0.1, 0.15) is 52.2 Å². The molecule has 4 heteroatoms. The van der Waals surface area contributed by atoms with E-state index in [-0.39, 0.29) is 5.41 Å². The van der Waals surface area contributed by atoms with Crippen molar-refractivity contribution in [3.8, 4) is 0 Å². The van der Waals surface area contributed by atoms with Gasteiger partial charge in [-0.25, -0.2) is 4.98 Å². The molecule has 0 spiro atoms. The van der Waals surface area contributed by atoms with Gasteiger partial charge in [-0.05, 0) is 26.8 Å². The maximum Gasteiger partial charge on any atom is 0.0944 e. The summed E-state index contributed by atoms with van der Waals surface area (Å²) in [6.45, 7) is 13.4. The van der Waals surface area contributed by atoms with Crippen molar-refractivity contribution in [3.05, 3.63) is 16.1 Å². The minimum absolute atomic E-state index is 0.134. The number of hydrogen-bond acceptors (Lipinski definition) is 4. The topological polar surface area (TPSA) is 34.2 Å². The van der Waals surface area contributed by atoms with E-state index in [9.17, 15) is 0 Å². The first kappa shape index (κ1) is 16.9. The van der Waals surface area contributed by atoms with Gasteiger partial charge in [-0.3, -0.25) is 0 Å². The normalized spacial score (nSPS) is 31.6. The van der Waals surface area contributed by atoms with E-state index in [4.69, 9.17) is 9.72 Å². The first-order valence-corrected chi connectivity index (χ1v) is 8.89. The van der Waals surface area contributed by atoms with Crippen molar-refractivity contribution >= 4 is 11.3 Å². The molecule has 1 saturated heterocycles. The van der Waals surface area contributed by atoms with Gasteiger partial charge in [0, 0.05) is 29.2 Å². The number of rotatable bonds is 4. The van der Waals surface area contributed by atoms with Crippen LogP contribution in [0.15, 0.2) is 5.38 Å². The van der Waals surface area contributed by atoms with Crippen molar-refractivity contribution < 1.29 is 4.74 Å². The number of thiazole rings is 1. The second kappa shape index (κ2) is 6.35. The molecule has 1 aliphatic heterocycles.